The molecule has 0 aliphatic heterocycles. The molecular formula is C19H32N2. The van der Waals surface area contributed by atoms with Crippen molar-refractivity contribution in [1.82, 2.24) is 10.3 Å². The van der Waals surface area contributed by atoms with Crippen molar-refractivity contribution in [1.29, 1.82) is 0 Å². The number of hydrogen-bond donors (Lipinski definition) is 1. The number of pyridine rings is 1. The van der Waals surface area contributed by atoms with Gasteiger partial charge in [-0.05, 0) is 49.3 Å². The molecular weight excluding hydrogens is 256 g/mol. The Hall–Kier alpha value is -0.890. The Labute approximate surface area is 130 Å². The van der Waals surface area contributed by atoms with Crippen molar-refractivity contribution in [3.63, 3.8) is 0 Å². The predicted octanol–water partition coefficient (Wildman–Crippen LogP) is 4.53. The molecule has 1 unspecified atom stereocenters. The smallest absolute Gasteiger partial charge is 0.0419 e. The second-order valence-corrected chi connectivity index (χ2v) is 6.94. The fourth-order valence-corrected chi connectivity index (χ4v) is 3.59. The summed E-state index contributed by atoms with van der Waals surface area (Å²) in [6, 6.07) is 5.03. The quantitative estimate of drug-likeness (QED) is 0.797. The Morgan fingerprint density at radius 3 is 2.52 bits per heavy atom. The molecule has 1 fully saturated rings. The molecule has 1 saturated carbocycles. The number of aromatic nitrogens is 1. The molecule has 2 nitrogen and oxygen atoms in total. The Morgan fingerprint density at radius 2 is 1.95 bits per heavy atom. The van der Waals surface area contributed by atoms with Crippen LogP contribution in [0.1, 0.15) is 70.6 Å². The molecule has 1 aromatic rings. The first kappa shape index (κ1) is 16.5. The fourth-order valence-electron chi connectivity index (χ4n) is 3.59. The summed E-state index contributed by atoms with van der Waals surface area (Å²) >= 11 is 0. The van der Waals surface area contributed by atoms with Crippen molar-refractivity contribution in [3.8, 4) is 0 Å². The van der Waals surface area contributed by atoms with E-state index in [0.717, 1.165) is 19.4 Å². The molecule has 2 heteroatoms. The van der Waals surface area contributed by atoms with E-state index >= 15 is 0 Å². The summed E-state index contributed by atoms with van der Waals surface area (Å²) in [5.41, 5.74) is 3.02. The van der Waals surface area contributed by atoms with Gasteiger partial charge in [-0.25, -0.2) is 0 Å². The molecule has 0 radical (unpaired) electrons. The number of hydrogen-bond acceptors (Lipinski definition) is 2. The third-order valence-corrected chi connectivity index (χ3v) is 5.19. The van der Waals surface area contributed by atoms with Crippen LogP contribution in [0.5, 0.6) is 0 Å². The van der Waals surface area contributed by atoms with E-state index in [-0.39, 0.29) is 0 Å². The molecule has 1 aliphatic rings. The van der Waals surface area contributed by atoms with Crippen molar-refractivity contribution in [2.75, 3.05) is 6.54 Å². The van der Waals surface area contributed by atoms with E-state index < -0.39 is 0 Å². The van der Waals surface area contributed by atoms with E-state index in [4.69, 9.17) is 0 Å². The van der Waals surface area contributed by atoms with Gasteiger partial charge in [0.2, 0.25) is 0 Å². The zero-order valence-electron chi connectivity index (χ0n) is 14.1. The van der Waals surface area contributed by atoms with Gasteiger partial charge < -0.3 is 5.32 Å². The van der Waals surface area contributed by atoms with Crippen LogP contribution in [0.15, 0.2) is 18.3 Å². The van der Waals surface area contributed by atoms with Gasteiger partial charge in [0.05, 0.1) is 0 Å². The minimum atomic E-state index is 0.443. The summed E-state index contributed by atoms with van der Waals surface area (Å²) in [6.45, 7) is 8.04. The predicted molar refractivity (Wildman–Crippen MR) is 90.6 cm³/mol. The molecule has 118 valence electrons. The molecule has 1 aliphatic carbocycles. The van der Waals surface area contributed by atoms with Gasteiger partial charge in [0, 0.05) is 24.4 Å². The normalized spacial score (nSPS) is 19.4. The molecule has 0 bridgehead atoms. The third-order valence-electron chi connectivity index (χ3n) is 5.19. The van der Waals surface area contributed by atoms with Crippen LogP contribution in [-0.4, -0.2) is 17.6 Å². The lowest BCUT2D eigenvalue weighted by atomic mass is 9.69. The average molecular weight is 288 g/mol. The lowest BCUT2D eigenvalue weighted by Crippen LogP contribution is -2.46. The van der Waals surface area contributed by atoms with E-state index in [2.05, 4.69) is 49.4 Å². The molecule has 2 rings (SSSR count). The molecule has 1 aromatic heterocycles. The number of nitrogens with zero attached hydrogens (tertiary/aromatic N) is 1. The number of aryl methyl sites for hydroxylation is 1. The second kappa shape index (κ2) is 7.93. The van der Waals surface area contributed by atoms with E-state index in [1.54, 1.807) is 0 Å². The van der Waals surface area contributed by atoms with Crippen molar-refractivity contribution in [2.24, 2.45) is 5.41 Å². The van der Waals surface area contributed by atoms with Crippen LogP contribution in [-0.2, 0) is 12.8 Å². The first-order chi connectivity index (χ1) is 10.2. The van der Waals surface area contributed by atoms with Crippen molar-refractivity contribution < 1.29 is 0 Å². The zero-order chi connectivity index (χ0) is 15.1. The summed E-state index contributed by atoms with van der Waals surface area (Å²) < 4.78 is 0. The first-order valence-corrected chi connectivity index (χ1v) is 8.85. The second-order valence-electron chi connectivity index (χ2n) is 6.94. The number of nitrogens with one attached hydrogen (secondary N) is 1. The Bertz CT molecular complexity index is 404. The maximum atomic E-state index is 4.68. The summed E-state index contributed by atoms with van der Waals surface area (Å²) in [7, 11) is 0. The summed E-state index contributed by atoms with van der Waals surface area (Å²) in [6.07, 6.45) is 12.3. The Morgan fingerprint density at radius 1 is 1.19 bits per heavy atom. The molecule has 1 heterocycles. The van der Waals surface area contributed by atoms with Crippen LogP contribution in [0, 0.1) is 5.41 Å². The van der Waals surface area contributed by atoms with E-state index in [1.807, 2.05) is 0 Å². The van der Waals surface area contributed by atoms with Crippen molar-refractivity contribution in [3.05, 3.63) is 29.6 Å². The van der Waals surface area contributed by atoms with E-state index in [0.29, 0.717) is 11.5 Å². The molecule has 0 saturated heterocycles. The minimum absolute atomic E-state index is 0.443. The van der Waals surface area contributed by atoms with Gasteiger partial charge in [-0.1, -0.05) is 46.1 Å². The molecule has 0 aromatic carbocycles. The van der Waals surface area contributed by atoms with E-state index in [9.17, 15) is 0 Å². The fraction of sp³-hybridized carbons (Fsp3) is 0.737. The van der Waals surface area contributed by atoms with Gasteiger partial charge in [0.15, 0.2) is 0 Å². The van der Waals surface area contributed by atoms with Crippen LogP contribution < -0.4 is 5.32 Å². The minimum Gasteiger partial charge on any atom is -0.313 e. The zero-order valence-corrected chi connectivity index (χ0v) is 14.1. The highest BCUT2D eigenvalue weighted by molar-refractivity contribution is 5.15. The standard InChI is InChI=1S/C19H32N2/c1-4-13-20-18(19(3)11-7-6-8-12-19)14-17-10-9-16(5-2)15-21-17/h9-10,15,18,20H,4-8,11-14H2,1-3H3. The molecule has 21 heavy (non-hydrogen) atoms. The van der Waals surface area contributed by atoms with Crippen molar-refractivity contribution in [2.45, 2.75) is 78.2 Å². The molecule has 1 atom stereocenters. The summed E-state index contributed by atoms with van der Waals surface area (Å²) in [5, 5.41) is 3.82. The third kappa shape index (κ3) is 4.54. The highest BCUT2D eigenvalue weighted by atomic mass is 14.9. The van der Waals surface area contributed by atoms with Gasteiger partial charge in [0.1, 0.15) is 0 Å². The SMILES string of the molecule is CCCNC(Cc1ccc(CC)cn1)C1(C)CCCCC1. The largest absolute Gasteiger partial charge is 0.313 e. The van der Waals surface area contributed by atoms with Gasteiger partial charge in [-0.2, -0.15) is 0 Å². The average Bonchev–Trinajstić information content (AvgIpc) is 2.52. The van der Waals surface area contributed by atoms with Crippen LogP contribution in [0.2, 0.25) is 0 Å². The molecule has 0 spiro atoms. The summed E-state index contributed by atoms with van der Waals surface area (Å²) in [4.78, 5) is 4.68. The first-order valence-electron chi connectivity index (χ1n) is 8.85. The monoisotopic (exact) mass is 288 g/mol. The lowest BCUT2D eigenvalue weighted by molar-refractivity contribution is 0.143. The van der Waals surface area contributed by atoms with Gasteiger partial charge in [-0.15, -0.1) is 0 Å². The van der Waals surface area contributed by atoms with Crippen molar-refractivity contribution >= 4 is 0 Å². The van der Waals surface area contributed by atoms with Crippen LogP contribution in [0.25, 0.3) is 0 Å². The Balaban J connectivity index is 2.07. The highest BCUT2D eigenvalue weighted by Gasteiger charge is 2.35. The molecule has 0 amide bonds. The van der Waals surface area contributed by atoms with Gasteiger partial charge >= 0.3 is 0 Å². The van der Waals surface area contributed by atoms with E-state index in [1.165, 1.54) is 49.8 Å². The topological polar surface area (TPSA) is 24.9 Å². The maximum absolute atomic E-state index is 4.68. The van der Waals surface area contributed by atoms with Gasteiger partial charge in [-0.3, -0.25) is 4.98 Å². The highest BCUT2D eigenvalue weighted by Crippen LogP contribution is 2.39. The Kier molecular flexibility index (Phi) is 6.22. The maximum Gasteiger partial charge on any atom is 0.0419 e. The van der Waals surface area contributed by atoms with Crippen LogP contribution in [0.4, 0.5) is 0 Å². The lowest BCUT2D eigenvalue weighted by Gasteiger charge is -2.41. The van der Waals surface area contributed by atoms with Crippen LogP contribution in [0.3, 0.4) is 0 Å². The molecule has 1 N–H and O–H groups in total. The van der Waals surface area contributed by atoms with Gasteiger partial charge in [0.25, 0.3) is 0 Å². The summed E-state index contributed by atoms with van der Waals surface area (Å²) in [5.74, 6) is 0. The number of rotatable bonds is 7. The van der Waals surface area contributed by atoms with Crippen LogP contribution >= 0.6 is 0 Å².